The standard InChI is InChI=1S/C15H27N3O2/c1-3-5-16-13(14-12-19-9-10-20-14)11-15-17-6-8-18(15)7-4-2/h6,8,13-14,16H,3-5,7,9-12H2,1-2H3. The van der Waals surface area contributed by atoms with Gasteiger partial charge >= 0.3 is 0 Å². The van der Waals surface area contributed by atoms with Gasteiger partial charge in [0.25, 0.3) is 0 Å². The van der Waals surface area contributed by atoms with Gasteiger partial charge in [0.05, 0.1) is 25.9 Å². The van der Waals surface area contributed by atoms with Gasteiger partial charge in [-0.3, -0.25) is 0 Å². The molecule has 1 aromatic rings. The van der Waals surface area contributed by atoms with E-state index in [4.69, 9.17) is 9.47 Å². The Morgan fingerprint density at radius 2 is 2.30 bits per heavy atom. The molecule has 0 aromatic carbocycles. The van der Waals surface area contributed by atoms with Gasteiger partial charge in [0.1, 0.15) is 5.82 Å². The number of ether oxygens (including phenoxy) is 2. The van der Waals surface area contributed by atoms with Crippen molar-refractivity contribution in [2.24, 2.45) is 0 Å². The molecule has 1 N–H and O–H groups in total. The van der Waals surface area contributed by atoms with Crippen LogP contribution in [0.5, 0.6) is 0 Å². The Bertz CT molecular complexity index is 375. The van der Waals surface area contributed by atoms with E-state index in [0.29, 0.717) is 19.8 Å². The lowest BCUT2D eigenvalue weighted by molar-refractivity contribution is -0.101. The summed E-state index contributed by atoms with van der Waals surface area (Å²) < 4.78 is 13.6. The molecule has 1 saturated heterocycles. The molecule has 0 bridgehead atoms. The Hall–Kier alpha value is -0.910. The van der Waals surface area contributed by atoms with Gasteiger partial charge in [-0.1, -0.05) is 13.8 Å². The fourth-order valence-electron chi connectivity index (χ4n) is 2.57. The zero-order valence-electron chi connectivity index (χ0n) is 12.7. The fourth-order valence-corrected chi connectivity index (χ4v) is 2.57. The molecule has 0 amide bonds. The van der Waals surface area contributed by atoms with Gasteiger partial charge in [0.2, 0.25) is 0 Å². The Morgan fingerprint density at radius 1 is 1.40 bits per heavy atom. The molecule has 1 aliphatic rings. The van der Waals surface area contributed by atoms with Crippen molar-refractivity contribution < 1.29 is 9.47 Å². The summed E-state index contributed by atoms with van der Waals surface area (Å²) in [6.07, 6.45) is 7.21. The highest BCUT2D eigenvalue weighted by molar-refractivity contribution is 4.98. The summed E-state index contributed by atoms with van der Waals surface area (Å²) >= 11 is 0. The molecule has 5 heteroatoms. The third-order valence-electron chi connectivity index (χ3n) is 3.62. The van der Waals surface area contributed by atoms with E-state index in [1.54, 1.807) is 0 Å². The first-order chi connectivity index (χ1) is 9.85. The van der Waals surface area contributed by atoms with Gasteiger partial charge in [-0.2, -0.15) is 0 Å². The average Bonchev–Trinajstić information content (AvgIpc) is 2.92. The van der Waals surface area contributed by atoms with Gasteiger partial charge in [0, 0.05) is 31.4 Å². The second kappa shape index (κ2) is 8.39. The molecule has 2 unspecified atom stereocenters. The first-order valence-corrected chi connectivity index (χ1v) is 7.77. The van der Waals surface area contributed by atoms with Crippen LogP contribution < -0.4 is 5.32 Å². The van der Waals surface area contributed by atoms with E-state index in [0.717, 1.165) is 38.2 Å². The highest BCUT2D eigenvalue weighted by Gasteiger charge is 2.26. The second-order valence-electron chi connectivity index (χ2n) is 5.29. The topological polar surface area (TPSA) is 48.3 Å². The third-order valence-corrected chi connectivity index (χ3v) is 3.62. The van der Waals surface area contributed by atoms with E-state index >= 15 is 0 Å². The molecule has 5 nitrogen and oxygen atoms in total. The number of aryl methyl sites for hydroxylation is 1. The normalized spacial score (nSPS) is 21.0. The molecule has 0 spiro atoms. The quantitative estimate of drug-likeness (QED) is 0.786. The van der Waals surface area contributed by atoms with E-state index in [-0.39, 0.29) is 12.1 Å². The van der Waals surface area contributed by atoms with Crippen molar-refractivity contribution in [3.63, 3.8) is 0 Å². The lowest BCUT2D eigenvalue weighted by Crippen LogP contribution is -2.48. The van der Waals surface area contributed by atoms with Crippen molar-refractivity contribution in [2.75, 3.05) is 26.4 Å². The maximum atomic E-state index is 5.86. The molecule has 1 aromatic heterocycles. The van der Waals surface area contributed by atoms with E-state index in [2.05, 4.69) is 34.9 Å². The van der Waals surface area contributed by atoms with Crippen LogP contribution in [0.4, 0.5) is 0 Å². The first-order valence-electron chi connectivity index (χ1n) is 7.77. The van der Waals surface area contributed by atoms with Gasteiger partial charge in [-0.25, -0.2) is 4.98 Å². The maximum absolute atomic E-state index is 5.86. The number of nitrogens with zero attached hydrogens (tertiary/aromatic N) is 2. The maximum Gasteiger partial charge on any atom is 0.110 e. The van der Waals surface area contributed by atoms with Gasteiger partial charge < -0.3 is 19.4 Å². The first kappa shape index (κ1) is 15.5. The second-order valence-corrected chi connectivity index (χ2v) is 5.29. The summed E-state index contributed by atoms with van der Waals surface area (Å²) in [5, 5.41) is 3.59. The summed E-state index contributed by atoms with van der Waals surface area (Å²) in [4.78, 5) is 4.50. The molecule has 2 rings (SSSR count). The zero-order valence-corrected chi connectivity index (χ0v) is 12.7. The SMILES string of the molecule is CCCNC(Cc1nccn1CCC)C1COCCO1. The smallest absolute Gasteiger partial charge is 0.110 e. The predicted octanol–water partition coefficient (Wildman–Crippen LogP) is 1.62. The Kier molecular flexibility index (Phi) is 6.50. The number of aromatic nitrogens is 2. The summed E-state index contributed by atoms with van der Waals surface area (Å²) in [6.45, 7) is 8.47. The number of imidazole rings is 1. The van der Waals surface area contributed by atoms with Crippen molar-refractivity contribution in [3.05, 3.63) is 18.2 Å². The largest absolute Gasteiger partial charge is 0.376 e. The van der Waals surface area contributed by atoms with Crippen LogP contribution >= 0.6 is 0 Å². The van der Waals surface area contributed by atoms with Crippen molar-refractivity contribution in [3.8, 4) is 0 Å². The van der Waals surface area contributed by atoms with Gasteiger partial charge in [-0.05, 0) is 19.4 Å². The Morgan fingerprint density at radius 3 is 3.00 bits per heavy atom. The van der Waals surface area contributed by atoms with E-state index in [1.165, 1.54) is 0 Å². The van der Waals surface area contributed by atoms with Crippen LogP contribution in [-0.2, 0) is 22.4 Å². The van der Waals surface area contributed by atoms with Gasteiger partial charge in [-0.15, -0.1) is 0 Å². The molecule has 0 radical (unpaired) electrons. The minimum atomic E-state index is 0.127. The van der Waals surface area contributed by atoms with Crippen LogP contribution in [0.25, 0.3) is 0 Å². The zero-order chi connectivity index (χ0) is 14.2. The number of hydrogen-bond donors (Lipinski definition) is 1. The fraction of sp³-hybridized carbons (Fsp3) is 0.800. The molecule has 1 aliphatic heterocycles. The van der Waals surface area contributed by atoms with E-state index in [9.17, 15) is 0 Å². The summed E-state index contributed by atoms with van der Waals surface area (Å²) in [5.41, 5.74) is 0. The minimum absolute atomic E-state index is 0.127. The Balaban J connectivity index is 1.99. The molecule has 2 heterocycles. The summed E-state index contributed by atoms with van der Waals surface area (Å²) in [7, 11) is 0. The number of nitrogens with one attached hydrogen (secondary N) is 1. The third kappa shape index (κ3) is 4.30. The van der Waals surface area contributed by atoms with Crippen LogP contribution in [0.15, 0.2) is 12.4 Å². The Labute approximate surface area is 121 Å². The van der Waals surface area contributed by atoms with Crippen molar-refractivity contribution in [1.82, 2.24) is 14.9 Å². The average molecular weight is 281 g/mol. The molecule has 20 heavy (non-hydrogen) atoms. The monoisotopic (exact) mass is 281 g/mol. The van der Waals surface area contributed by atoms with Crippen molar-refractivity contribution in [2.45, 2.75) is 51.8 Å². The highest BCUT2D eigenvalue weighted by atomic mass is 16.6. The summed E-state index contributed by atoms with van der Waals surface area (Å²) in [6, 6.07) is 0.272. The van der Waals surface area contributed by atoms with Crippen LogP contribution in [0.1, 0.15) is 32.5 Å². The lowest BCUT2D eigenvalue weighted by atomic mass is 10.1. The predicted molar refractivity (Wildman–Crippen MR) is 78.9 cm³/mol. The number of rotatable bonds is 8. The van der Waals surface area contributed by atoms with Crippen molar-refractivity contribution >= 4 is 0 Å². The molecule has 1 fully saturated rings. The van der Waals surface area contributed by atoms with Crippen molar-refractivity contribution in [1.29, 1.82) is 0 Å². The minimum Gasteiger partial charge on any atom is -0.376 e. The van der Waals surface area contributed by atoms with Crippen LogP contribution in [0, 0.1) is 0 Å². The van der Waals surface area contributed by atoms with E-state index < -0.39 is 0 Å². The van der Waals surface area contributed by atoms with Crippen LogP contribution in [-0.4, -0.2) is 48.1 Å². The lowest BCUT2D eigenvalue weighted by Gasteiger charge is -2.31. The van der Waals surface area contributed by atoms with Crippen LogP contribution in [0.3, 0.4) is 0 Å². The van der Waals surface area contributed by atoms with Crippen LogP contribution in [0.2, 0.25) is 0 Å². The molecule has 0 saturated carbocycles. The molecular formula is C15H27N3O2. The molecule has 0 aliphatic carbocycles. The molecule has 114 valence electrons. The van der Waals surface area contributed by atoms with E-state index in [1.807, 2.05) is 6.20 Å². The summed E-state index contributed by atoms with van der Waals surface area (Å²) in [5.74, 6) is 1.13. The molecule has 2 atom stereocenters. The molecular weight excluding hydrogens is 254 g/mol. The highest BCUT2D eigenvalue weighted by Crippen LogP contribution is 2.12. The number of hydrogen-bond acceptors (Lipinski definition) is 4. The van der Waals surface area contributed by atoms with Gasteiger partial charge in [0.15, 0.2) is 0 Å².